The van der Waals surface area contributed by atoms with Crippen molar-refractivity contribution in [1.29, 1.82) is 0 Å². The SMILES string of the molecule is CCCNC(=O)Cc1c(C)nc([C@@H]2CCCN(C(=O)Cc3cccc(F)c3)C2)nc1C. The Hall–Kier alpha value is -2.83. The number of aryl methyl sites for hydroxylation is 2. The summed E-state index contributed by atoms with van der Waals surface area (Å²) in [5, 5.41) is 2.89. The fourth-order valence-corrected chi connectivity index (χ4v) is 4.04. The van der Waals surface area contributed by atoms with Crippen LogP contribution < -0.4 is 5.32 Å². The first-order valence-corrected chi connectivity index (χ1v) is 11.0. The van der Waals surface area contributed by atoms with Gasteiger partial charge in [-0.3, -0.25) is 9.59 Å². The number of halogens is 1. The van der Waals surface area contributed by atoms with Gasteiger partial charge in [-0.25, -0.2) is 14.4 Å². The third kappa shape index (κ3) is 6.09. The third-order valence-corrected chi connectivity index (χ3v) is 5.73. The van der Waals surface area contributed by atoms with Crippen LogP contribution in [0.4, 0.5) is 4.39 Å². The van der Waals surface area contributed by atoms with Crippen molar-refractivity contribution in [3.05, 3.63) is 58.4 Å². The smallest absolute Gasteiger partial charge is 0.227 e. The van der Waals surface area contributed by atoms with Gasteiger partial charge in [0.15, 0.2) is 0 Å². The number of benzene rings is 1. The maximum absolute atomic E-state index is 13.4. The second-order valence-corrected chi connectivity index (χ2v) is 8.24. The van der Waals surface area contributed by atoms with E-state index in [1.54, 1.807) is 12.1 Å². The molecule has 0 spiro atoms. The van der Waals surface area contributed by atoms with Gasteiger partial charge in [0.2, 0.25) is 11.8 Å². The number of piperidine rings is 1. The molecule has 6 nitrogen and oxygen atoms in total. The van der Waals surface area contributed by atoms with Crippen LogP contribution in [-0.4, -0.2) is 46.3 Å². The van der Waals surface area contributed by atoms with Gasteiger partial charge in [0.1, 0.15) is 11.6 Å². The molecule has 1 atom stereocenters. The highest BCUT2D eigenvalue weighted by molar-refractivity contribution is 5.79. The van der Waals surface area contributed by atoms with E-state index in [-0.39, 0.29) is 36.4 Å². The largest absolute Gasteiger partial charge is 0.356 e. The Kier molecular flexibility index (Phi) is 7.71. The maximum Gasteiger partial charge on any atom is 0.227 e. The lowest BCUT2D eigenvalue weighted by atomic mass is 9.95. The van der Waals surface area contributed by atoms with E-state index in [9.17, 15) is 14.0 Å². The number of aromatic nitrogens is 2. The number of rotatable bonds is 7. The molecule has 7 heteroatoms. The molecule has 1 saturated heterocycles. The monoisotopic (exact) mass is 426 g/mol. The zero-order chi connectivity index (χ0) is 22.4. The first-order chi connectivity index (χ1) is 14.9. The molecule has 166 valence electrons. The maximum atomic E-state index is 13.4. The Morgan fingerprint density at radius 1 is 1.19 bits per heavy atom. The van der Waals surface area contributed by atoms with Crippen LogP contribution in [0.5, 0.6) is 0 Å². The van der Waals surface area contributed by atoms with Gasteiger partial charge in [0.25, 0.3) is 0 Å². The number of amides is 2. The quantitative estimate of drug-likeness (QED) is 0.738. The van der Waals surface area contributed by atoms with Gasteiger partial charge in [-0.15, -0.1) is 0 Å². The van der Waals surface area contributed by atoms with E-state index in [2.05, 4.69) is 5.32 Å². The van der Waals surface area contributed by atoms with E-state index in [1.165, 1.54) is 12.1 Å². The molecule has 0 unspecified atom stereocenters. The van der Waals surface area contributed by atoms with E-state index in [1.807, 2.05) is 25.7 Å². The van der Waals surface area contributed by atoms with Crippen molar-refractivity contribution in [3.8, 4) is 0 Å². The molecule has 0 bridgehead atoms. The highest BCUT2D eigenvalue weighted by atomic mass is 19.1. The second kappa shape index (κ2) is 10.5. The molecule has 0 saturated carbocycles. The van der Waals surface area contributed by atoms with Crippen LogP contribution in [-0.2, 0) is 22.4 Å². The Bertz CT molecular complexity index is 924. The number of nitrogens with one attached hydrogen (secondary N) is 1. The van der Waals surface area contributed by atoms with Crippen LogP contribution in [0, 0.1) is 19.7 Å². The molecule has 1 fully saturated rings. The summed E-state index contributed by atoms with van der Waals surface area (Å²) in [6, 6.07) is 6.18. The lowest BCUT2D eigenvalue weighted by Gasteiger charge is -2.32. The topological polar surface area (TPSA) is 75.2 Å². The van der Waals surface area contributed by atoms with Crippen molar-refractivity contribution in [2.24, 2.45) is 0 Å². The molecule has 2 amide bonds. The first-order valence-electron chi connectivity index (χ1n) is 11.0. The van der Waals surface area contributed by atoms with Gasteiger partial charge >= 0.3 is 0 Å². The lowest BCUT2D eigenvalue weighted by molar-refractivity contribution is -0.131. The van der Waals surface area contributed by atoms with Crippen molar-refractivity contribution < 1.29 is 14.0 Å². The van der Waals surface area contributed by atoms with Gasteiger partial charge in [0.05, 0.1) is 12.8 Å². The first kappa shape index (κ1) is 22.8. The third-order valence-electron chi connectivity index (χ3n) is 5.73. The van der Waals surface area contributed by atoms with Gasteiger partial charge in [-0.1, -0.05) is 19.1 Å². The van der Waals surface area contributed by atoms with Crippen molar-refractivity contribution in [2.75, 3.05) is 19.6 Å². The van der Waals surface area contributed by atoms with Crippen LogP contribution in [0.3, 0.4) is 0 Å². The van der Waals surface area contributed by atoms with Crippen molar-refractivity contribution >= 4 is 11.8 Å². The van der Waals surface area contributed by atoms with E-state index >= 15 is 0 Å². The molecule has 1 aliphatic heterocycles. The van der Waals surface area contributed by atoms with Crippen LogP contribution in [0.25, 0.3) is 0 Å². The average Bonchev–Trinajstić information content (AvgIpc) is 2.74. The fraction of sp³-hybridized carbons (Fsp3) is 0.500. The molecule has 1 N–H and O–H groups in total. The van der Waals surface area contributed by atoms with Crippen LogP contribution in [0.15, 0.2) is 24.3 Å². The Morgan fingerprint density at radius 2 is 1.94 bits per heavy atom. The van der Waals surface area contributed by atoms with Gasteiger partial charge in [-0.2, -0.15) is 0 Å². The van der Waals surface area contributed by atoms with Gasteiger partial charge in [0, 0.05) is 42.5 Å². The van der Waals surface area contributed by atoms with Crippen LogP contribution in [0.2, 0.25) is 0 Å². The predicted octanol–water partition coefficient (Wildman–Crippen LogP) is 3.25. The summed E-state index contributed by atoms with van der Waals surface area (Å²) in [4.78, 5) is 36.1. The van der Waals surface area contributed by atoms with Crippen molar-refractivity contribution in [2.45, 2.75) is 58.8 Å². The summed E-state index contributed by atoms with van der Waals surface area (Å²) in [6.45, 7) is 7.76. The van der Waals surface area contributed by atoms with Gasteiger partial charge < -0.3 is 10.2 Å². The Morgan fingerprint density at radius 3 is 2.61 bits per heavy atom. The molecule has 0 aliphatic carbocycles. The molecular weight excluding hydrogens is 395 g/mol. The van der Waals surface area contributed by atoms with Crippen LogP contribution in [0.1, 0.15) is 60.4 Å². The molecular formula is C24H31FN4O2. The van der Waals surface area contributed by atoms with Crippen molar-refractivity contribution in [1.82, 2.24) is 20.2 Å². The summed E-state index contributed by atoms with van der Waals surface area (Å²) in [7, 11) is 0. The zero-order valence-electron chi connectivity index (χ0n) is 18.6. The highest BCUT2D eigenvalue weighted by Gasteiger charge is 2.27. The minimum atomic E-state index is -0.329. The second-order valence-electron chi connectivity index (χ2n) is 8.24. The molecule has 1 aliphatic rings. The van der Waals surface area contributed by atoms with Crippen molar-refractivity contribution in [3.63, 3.8) is 0 Å². The number of carbonyl (C=O) groups is 2. The fourth-order valence-electron chi connectivity index (χ4n) is 4.04. The summed E-state index contributed by atoms with van der Waals surface area (Å²) < 4.78 is 13.4. The lowest BCUT2D eigenvalue weighted by Crippen LogP contribution is -2.40. The molecule has 0 radical (unpaired) electrons. The number of hydrogen-bond acceptors (Lipinski definition) is 4. The number of likely N-dealkylation sites (tertiary alicyclic amines) is 1. The average molecular weight is 427 g/mol. The van der Waals surface area contributed by atoms with E-state index < -0.39 is 0 Å². The van der Waals surface area contributed by atoms with E-state index in [4.69, 9.17) is 9.97 Å². The summed E-state index contributed by atoms with van der Waals surface area (Å²) in [5.41, 5.74) is 3.18. The highest BCUT2D eigenvalue weighted by Crippen LogP contribution is 2.26. The van der Waals surface area contributed by atoms with Crippen LogP contribution >= 0.6 is 0 Å². The summed E-state index contributed by atoms with van der Waals surface area (Å²) in [6.07, 6.45) is 3.16. The molecule has 2 aromatic rings. The Balaban J connectivity index is 1.68. The number of hydrogen-bond donors (Lipinski definition) is 1. The Labute approximate surface area is 183 Å². The number of carbonyl (C=O) groups excluding carboxylic acids is 2. The summed E-state index contributed by atoms with van der Waals surface area (Å²) in [5.74, 6) is 0.440. The summed E-state index contributed by atoms with van der Waals surface area (Å²) >= 11 is 0. The van der Waals surface area contributed by atoms with Gasteiger partial charge in [-0.05, 0) is 50.8 Å². The molecule has 2 heterocycles. The molecule has 1 aromatic heterocycles. The molecule has 3 rings (SSSR count). The minimum absolute atomic E-state index is 0.00652. The molecule has 31 heavy (non-hydrogen) atoms. The minimum Gasteiger partial charge on any atom is -0.356 e. The standard InChI is InChI=1S/C24H31FN4O2/c1-4-10-26-22(30)14-21-16(2)27-24(28-17(21)3)19-8-6-11-29(15-19)23(31)13-18-7-5-9-20(25)12-18/h5,7,9,12,19H,4,6,8,10-11,13-15H2,1-3H3,(H,26,30)/t19-/m1/s1. The molecule has 1 aromatic carbocycles. The predicted molar refractivity (Wildman–Crippen MR) is 117 cm³/mol. The number of nitrogens with zero attached hydrogens (tertiary/aromatic N) is 3. The van der Waals surface area contributed by atoms with E-state index in [0.29, 0.717) is 25.2 Å². The zero-order valence-corrected chi connectivity index (χ0v) is 18.6. The normalized spacial score (nSPS) is 16.3. The van der Waals surface area contributed by atoms with E-state index in [0.717, 1.165) is 42.0 Å².